The van der Waals surface area contributed by atoms with Crippen LogP contribution in [0.5, 0.6) is 5.75 Å². The fourth-order valence-electron chi connectivity index (χ4n) is 3.32. The SMILES string of the molecule is CC1CCCC(OC(=O)C2CCOc3ccccc32)C1. The Morgan fingerprint density at radius 2 is 2.10 bits per heavy atom. The van der Waals surface area contributed by atoms with E-state index in [1.165, 1.54) is 12.8 Å². The minimum atomic E-state index is -0.155. The Morgan fingerprint density at radius 3 is 2.95 bits per heavy atom. The molecular formula is C17H22O3. The number of esters is 1. The number of fused-ring (bicyclic) bond motifs is 1. The van der Waals surface area contributed by atoms with Gasteiger partial charge >= 0.3 is 5.97 Å². The van der Waals surface area contributed by atoms with E-state index in [1.807, 2.05) is 24.3 Å². The van der Waals surface area contributed by atoms with Crippen molar-refractivity contribution >= 4 is 5.97 Å². The zero-order valence-corrected chi connectivity index (χ0v) is 12.0. The van der Waals surface area contributed by atoms with Crippen molar-refractivity contribution in [2.45, 2.75) is 51.0 Å². The van der Waals surface area contributed by atoms with E-state index in [0.29, 0.717) is 12.5 Å². The summed E-state index contributed by atoms with van der Waals surface area (Å²) in [7, 11) is 0. The zero-order chi connectivity index (χ0) is 13.9. The fourth-order valence-corrected chi connectivity index (χ4v) is 3.32. The predicted octanol–water partition coefficient (Wildman–Crippen LogP) is 3.67. The molecule has 0 saturated heterocycles. The summed E-state index contributed by atoms with van der Waals surface area (Å²) in [6.45, 7) is 2.83. The number of hydrogen-bond acceptors (Lipinski definition) is 3. The highest BCUT2D eigenvalue weighted by molar-refractivity contribution is 5.79. The van der Waals surface area contributed by atoms with E-state index in [-0.39, 0.29) is 18.0 Å². The molecule has 0 N–H and O–H groups in total. The summed E-state index contributed by atoms with van der Waals surface area (Å²) in [5, 5.41) is 0. The van der Waals surface area contributed by atoms with Crippen molar-refractivity contribution in [1.82, 2.24) is 0 Å². The van der Waals surface area contributed by atoms with Gasteiger partial charge in [-0.25, -0.2) is 0 Å². The van der Waals surface area contributed by atoms with Crippen LogP contribution in [0.15, 0.2) is 24.3 Å². The largest absolute Gasteiger partial charge is 0.493 e. The van der Waals surface area contributed by atoms with Gasteiger partial charge in [-0.15, -0.1) is 0 Å². The normalized spacial score (nSPS) is 29.1. The van der Waals surface area contributed by atoms with Crippen LogP contribution in [0.25, 0.3) is 0 Å². The molecule has 0 aromatic heterocycles. The highest BCUT2D eigenvalue weighted by atomic mass is 16.5. The molecule has 1 aliphatic heterocycles. The molecule has 3 rings (SSSR count). The van der Waals surface area contributed by atoms with Crippen molar-refractivity contribution in [2.75, 3.05) is 6.61 Å². The van der Waals surface area contributed by atoms with E-state index >= 15 is 0 Å². The van der Waals surface area contributed by atoms with Crippen LogP contribution < -0.4 is 4.74 Å². The van der Waals surface area contributed by atoms with Crippen LogP contribution in [0.2, 0.25) is 0 Å². The van der Waals surface area contributed by atoms with Crippen LogP contribution in [-0.4, -0.2) is 18.7 Å². The summed E-state index contributed by atoms with van der Waals surface area (Å²) >= 11 is 0. The third kappa shape index (κ3) is 2.82. The quantitative estimate of drug-likeness (QED) is 0.772. The first-order valence-corrected chi connectivity index (χ1v) is 7.66. The highest BCUT2D eigenvalue weighted by Gasteiger charge is 2.31. The predicted molar refractivity (Wildman–Crippen MR) is 76.8 cm³/mol. The third-order valence-electron chi connectivity index (χ3n) is 4.41. The molecule has 1 aromatic carbocycles. The highest BCUT2D eigenvalue weighted by Crippen LogP contribution is 2.35. The smallest absolute Gasteiger partial charge is 0.313 e. The number of rotatable bonds is 2. The maximum Gasteiger partial charge on any atom is 0.313 e. The van der Waals surface area contributed by atoms with Crippen molar-refractivity contribution in [1.29, 1.82) is 0 Å². The average molecular weight is 274 g/mol. The van der Waals surface area contributed by atoms with Gasteiger partial charge in [-0.3, -0.25) is 4.79 Å². The summed E-state index contributed by atoms with van der Waals surface area (Å²) < 4.78 is 11.4. The number of benzene rings is 1. The molecule has 1 saturated carbocycles. The molecule has 3 nitrogen and oxygen atoms in total. The number of carbonyl (C=O) groups excluding carboxylic acids is 1. The molecule has 0 amide bonds. The molecule has 1 aliphatic carbocycles. The summed E-state index contributed by atoms with van der Waals surface area (Å²) in [6.07, 6.45) is 5.29. The van der Waals surface area contributed by atoms with Crippen molar-refractivity contribution in [3.8, 4) is 5.75 Å². The van der Waals surface area contributed by atoms with Gasteiger partial charge in [-0.05, 0) is 37.7 Å². The Labute approximate surface area is 120 Å². The van der Waals surface area contributed by atoms with Gasteiger partial charge in [-0.1, -0.05) is 31.5 Å². The van der Waals surface area contributed by atoms with Gasteiger partial charge in [0, 0.05) is 5.56 Å². The van der Waals surface area contributed by atoms with Crippen molar-refractivity contribution in [3.63, 3.8) is 0 Å². The Morgan fingerprint density at radius 1 is 1.25 bits per heavy atom. The molecule has 0 bridgehead atoms. The Kier molecular flexibility index (Phi) is 3.95. The second-order valence-corrected chi connectivity index (χ2v) is 6.06. The molecule has 1 aromatic rings. The van der Waals surface area contributed by atoms with Crippen LogP contribution in [0.3, 0.4) is 0 Å². The lowest BCUT2D eigenvalue weighted by atomic mass is 9.88. The van der Waals surface area contributed by atoms with Crippen LogP contribution in [0.4, 0.5) is 0 Å². The Balaban J connectivity index is 1.69. The van der Waals surface area contributed by atoms with Crippen LogP contribution >= 0.6 is 0 Å². The molecule has 20 heavy (non-hydrogen) atoms. The average Bonchev–Trinajstić information content (AvgIpc) is 2.46. The molecule has 3 heteroatoms. The molecule has 1 heterocycles. The maximum atomic E-state index is 12.5. The van der Waals surface area contributed by atoms with E-state index in [2.05, 4.69) is 6.92 Å². The Hall–Kier alpha value is -1.51. The van der Waals surface area contributed by atoms with Crippen molar-refractivity contribution in [2.24, 2.45) is 5.92 Å². The van der Waals surface area contributed by atoms with Crippen molar-refractivity contribution < 1.29 is 14.3 Å². The topological polar surface area (TPSA) is 35.5 Å². The summed E-state index contributed by atoms with van der Waals surface area (Å²) in [5.74, 6) is 1.28. The lowest BCUT2D eigenvalue weighted by molar-refractivity contribution is -0.153. The number of hydrogen-bond donors (Lipinski definition) is 0. The third-order valence-corrected chi connectivity index (χ3v) is 4.41. The maximum absolute atomic E-state index is 12.5. The van der Waals surface area contributed by atoms with Gasteiger partial charge in [0.25, 0.3) is 0 Å². The van der Waals surface area contributed by atoms with Crippen molar-refractivity contribution in [3.05, 3.63) is 29.8 Å². The molecule has 3 unspecified atom stereocenters. The second-order valence-electron chi connectivity index (χ2n) is 6.06. The van der Waals surface area contributed by atoms with Gasteiger partial charge < -0.3 is 9.47 Å². The standard InChI is InChI=1S/C17H22O3/c1-12-5-4-6-13(11-12)20-17(18)15-9-10-19-16-8-3-2-7-14(15)16/h2-3,7-8,12-13,15H,4-6,9-11H2,1H3. The number of carbonyl (C=O) groups is 1. The van der Waals surface area contributed by atoms with Gasteiger partial charge in [0.15, 0.2) is 0 Å². The summed E-state index contributed by atoms with van der Waals surface area (Å²) in [4.78, 5) is 12.5. The van der Waals surface area contributed by atoms with E-state index in [0.717, 1.165) is 30.6 Å². The number of ether oxygens (including phenoxy) is 2. The first kappa shape index (κ1) is 13.5. The lowest BCUT2D eigenvalue weighted by Crippen LogP contribution is -2.29. The van der Waals surface area contributed by atoms with Gasteiger partial charge in [0.1, 0.15) is 11.9 Å². The molecule has 0 radical (unpaired) electrons. The van der Waals surface area contributed by atoms with Gasteiger partial charge in [-0.2, -0.15) is 0 Å². The first-order valence-electron chi connectivity index (χ1n) is 7.66. The molecular weight excluding hydrogens is 252 g/mol. The number of para-hydroxylation sites is 1. The first-order chi connectivity index (χ1) is 9.74. The monoisotopic (exact) mass is 274 g/mol. The molecule has 2 aliphatic rings. The van der Waals surface area contributed by atoms with E-state index in [1.54, 1.807) is 0 Å². The van der Waals surface area contributed by atoms with Crippen LogP contribution in [-0.2, 0) is 9.53 Å². The van der Waals surface area contributed by atoms with Crippen LogP contribution in [0.1, 0.15) is 50.5 Å². The van der Waals surface area contributed by atoms with Gasteiger partial charge in [0.05, 0.1) is 12.5 Å². The zero-order valence-electron chi connectivity index (χ0n) is 12.0. The molecule has 108 valence electrons. The minimum Gasteiger partial charge on any atom is -0.493 e. The fraction of sp³-hybridized carbons (Fsp3) is 0.588. The molecule has 1 fully saturated rings. The van der Waals surface area contributed by atoms with E-state index in [9.17, 15) is 4.79 Å². The van der Waals surface area contributed by atoms with Crippen LogP contribution in [0, 0.1) is 5.92 Å². The summed E-state index contributed by atoms with van der Waals surface area (Å²) in [6, 6.07) is 7.80. The summed E-state index contributed by atoms with van der Waals surface area (Å²) in [5.41, 5.74) is 0.979. The minimum absolute atomic E-state index is 0.0696. The van der Waals surface area contributed by atoms with E-state index in [4.69, 9.17) is 9.47 Å². The van der Waals surface area contributed by atoms with Gasteiger partial charge in [0.2, 0.25) is 0 Å². The van der Waals surface area contributed by atoms with E-state index < -0.39 is 0 Å². The lowest BCUT2D eigenvalue weighted by Gasteiger charge is -2.30. The second kappa shape index (κ2) is 5.86. The Bertz CT molecular complexity index is 483. The molecule has 3 atom stereocenters. The molecule has 0 spiro atoms.